The minimum atomic E-state index is -0.192. The van der Waals surface area contributed by atoms with E-state index in [1.807, 2.05) is 18.2 Å². The van der Waals surface area contributed by atoms with Gasteiger partial charge < -0.3 is 5.43 Å². The molecule has 2 rings (SSSR count). The zero-order chi connectivity index (χ0) is 15.8. The predicted octanol–water partition coefficient (Wildman–Crippen LogP) is 1.63. The van der Waals surface area contributed by atoms with Crippen LogP contribution >= 0.6 is 0 Å². The Balaban J connectivity index is 2.04. The minimum Gasteiger partial charge on any atom is -0.312 e. The SMILES string of the molecule is CN/N=C(/C(=O)CCC(=O)c1ccncn1)c1ccccc1. The maximum Gasteiger partial charge on any atom is 0.184 e. The molecule has 0 spiro atoms. The first-order valence-corrected chi connectivity index (χ1v) is 6.84. The Morgan fingerprint density at radius 2 is 1.91 bits per heavy atom. The third kappa shape index (κ3) is 4.05. The molecule has 6 nitrogen and oxygen atoms in total. The maximum atomic E-state index is 12.3. The summed E-state index contributed by atoms with van der Waals surface area (Å²) in [6, 6.07) is 10.7. The molecule has 0 unspecified atom stereocenters. The van der Waals surface area contributed by atoms with Crippen molar-refractivity contribution < 1.29 is 9.59 Å². The molecule has 112 valence electrons. The molecule has 0 radical (unpaired) electrons. The fourth-order valence-electron chi connectivity index (χ4n) is 1.92. The summed E-state index contributed by atoms with van der Waals surface area (Å²) in [6.07, 6.45) is 2.98. The van der Waals surface area contributed by atoms with Gasteiger partial charge in [-0.05, 0) is 6.07 Å². The second-order valence-corrected chi connectivity index (χ2v) is 4.49. The molecular formula is C16H16N4O2. The summed E-state index contributed by atoms with van der Waals surface area (Å²) in [4.78, 5) is 31.9. The van der Waals surface area contributed by atoms with Crippen molar-refractivity contribution in [2.45, 2.75) is 12.8 Å². The summed E-state index contributed by atoms with van der Waals surface area (Å²) in [7, 11) is 1.63. The van der Waals surface area contributed by atoms with Crippen LogP contribution in [0.5, 0.6) is 0 Å². The van der Waals surface area contributed by atoms with E-state index in [-0.39, 0.29) is 24.4 Å². The van der Waals surface area contributed by atoms with E-state index >= 15 is 0 Å². The van der Waals surface area contributed by atoms with E-state index in [1.165, 1.54) is 18.6 Å². The average molecular weight is 296 g/mol. The highest BCUT2D eigenvalue weighted by atomic mass is 16.1. The molecule has 22 heavy (non-hydrogen) atoms. The van der Waals surface area contributed by atoms with Gasteiger partial charge >= 0.3 is 0 Å². The summed E-state index contributed by atoms with van der Waals surface area (Å²) < 4.78 is 0. The molecule has 2 aromatic rings. The highest BCUT2D eigenvalue weighted by Crippen LogP contribution is 2.07. The van der Waals surface area contributed by atoms with Gasteiger partial charge in [0, 0.05) is 31.6 Å². The van der Waals surface area contributed by atoms with Crippen LogP contribution in [-0.2, 0) is 4.79 Å². The maximum absolute atomic E-state index is 12.3. The number of benzene rings is 1. The van der Waals surface area contributed by atoms with E-state index in [2.05, 4.69) is 20.5 Å². The summed E-state index contributed by atoms with van der Waals surface area (Å²) in [6.45, 7) is 0. The third-order valence-electron chi connectivity index (χ3n) is 2.98. The van der Waals surface area contributed by atoms with Crippen molar-refractivity contribution in [3.8, 4) is 0 Å². The lowest BCUT2D eigenvalue weighted by atomic mass is 10.0. The second-order valence-electron chi connectivity index (χ2n) is 4.49. The van der Waals surface area contributed by atoms with E-state index in [0.29, 0.717) is 11.4 Å². The number of rotatable bonds is 7. The van der Waals surface area contributed by atoms with Crippen molar-refractivity contribution in [3.63, 3.8) is 0 Å². The highest BCUT2D eigenvalue weighted by Gasteiger charge is 2.16. The molecule has 0 aliphatic carbocycles. The average Bonchev–Trinajstić information content (AvgIpc) is 2.58. The molecule has 6 heteroatoms. The molecule has 0 aliphatic rings. The number of carbonyl (C=O) groups excluding carboxylic acids is 2. The molecule has 0 atom stereocenters. The zero-order valence-corrected chi connectivity index (χ0v) is 12.2. The Hall–Kier alpha value is -2.89. The Morgan fingerprint density at radius 3 is 2.55 bits per heavy atom. The molecule has 0 fully saturated rings. The van der Waals surface area contributed by atoms with Crippen LogP contribution in [0.4, 0.5) is 0 Å². The van der Waals surface area contributed by atoms with Crippen molar-refractivity contribution in [1.82, 2.24) is 15.4 Å². The molecule has 0 aliphatic heterocycles. The molecule has 1 aromatic heterocycles. The molecule has 0 saturated heterocycles. The van der Waals surface area contributed by atoms with Crippen LogP contribution in [0.2, 0.25) is 0 Å². The van der Waals surface area contributed by atoms with Gasteiger partial charge in [0.15, 0.2) is 11.6 Å². The quantitative estimate of drug-likeness (QED) is 0.477. The summed E-state index contributed by atoms with van der Waals surface area (Å²) in [5.41, 5.74) is 3.98. The summed E-state index contributed by atoms with van der Waals surface area (Å²) in [5, 5.41) is 4.03. The number of nitrogens with zero attached hydrogens (tertiary/aromatic N) is 3. The topological polar surface area (TPSA) is 84.3 Å². The molecule has 1 aromatic carbocycles. The van der Waals surface area contributed by atoms with E-state index in [4.69, 9.17) is 0 Å². The number of ketones is 2. The van der Waals surface area contributed by atoms with Gasteiger partial charge in [0.2, 0.25) is 0 Å². The molecule has 0 bridgehead atoms. The monoisotopic (exact) mass is 296 g/mol. The van der Waals surface area contributed by atoms with Crippen LogP contribution < -0.4 is 5.43 Å². The van der Waals surface area contributed by atoms with Gasteiger partial charge in [-0.3, -0.25) is 9.59 Å². The first kappa shape index (κ1) is 15.5. The van der Waals surface area contributed by atoms with Gasteiger partial charge in [-0.2, -0.15) is 5.10 Å². The normalized spacial score (nSPS) is 11.0. The minimum absolute atomic E-state index is 0.0816. The number of Topliss-reactive ketones (excluding diaryl/α,β-unsaturated/α-hetero) is 2. The van der Waals surface area contributed by atoms with Crippen molar-refractivity contribution in [2.75, 3.05) is 7.05 Å². The number of hydrazone groups is 1. The standard InChI is InChI=1S/C16H16N4O2/c1-17-20-16(12-5-3-2-4-6-12)15(22)8-7-14(21)13-9-10-18-11-19-13/h2-6,9-11,17H,7-8H2,1H3/b20-16+. The summed E-state index contributed by atoms with van der Waals surface area (Å²) >= 11 is 0. The number of hydrogen-bond acceptors (Lipinski definition) is 6. The molecular weight excluding hydrogens is 280 g/mol. The van der Waals surface area contributed by atoms with Crippen LogP contribution in [0.1, 0.15) is 28.9 Å². The second kappa shape index (κ2) is 7.78. The molecule has 0 saturated carbocycles. The van der Waals surface area contributed by atoms with Gasteiger partial charge in [0.1, 0.15) is 17.7 Å². The number of hydrogen-bond donors (Lipinski definition) is 1. The fraction of sp³-hybridized carbons (Fsp3) is 0.188. The summed E-state index contributed by atoms with van der Waals surface area (Å²) in [5.74, 6) is -0.379. The van der Waals surface area contributed by atoms with Crippen molar-refractivity contribution in [1.29, 1.82) is 0 Å². The smallest absolute Gasteiger partial charge is 0.184 e. The van der Waals surface area contributed by atoms with Gasteiger partial charge in [-0.1, -0.05) is 30.3 Å². The lowest BCUT2D eigenvalue weighted by Gasteiger charge is -2.05. The lowest BCUT2D eigenvalue weighted by molar-refractivity contribution is -0.112. The van der Waals surface area contributed by atoms with Crippen molar-refractivity contribution in [3.05, 3.63) is 60.2 Å². The van der Waals surface area contributed by atoms with Gasteiger partial charge in [0.25, 0.3) is 0 Å². The van der Waals surface area contributed by atoms with E-state index < -0.39 is 0 Å². The number of nitrogens with one attached hydrogen (secondary N) is 1. The predicted molar refractivity (Wildman–Crippen MR) is 82.6 cm³/mol. The highest BCUT2D eigenvalue weighted by molar-refractivity contribution is 6.46. The van der Waals surface area contributed by atoms with Crippen molar-refractivity contribution >= 4 is 17.3 Å². The Kier molecular flexibility index (Phi) is 5.48. The van der Waals surface area contributed by atoms with E-state index in [1.54, 1.807) is 19.2 Å². The fourth-order valence-corrected chi connectivity index (χ4v) is 1.92. The van der Waals surface area contributed by atoms with Gasteiger partial charge in [0.05, 0.1) is 0 Å². The van der Waals surface area contributed by atoms with Crippen LogP contribution in [-0.4, -0.2) is 34.3 Å². The Morgan fingerprint density at radius 1 is 1.14 bits per heavy atom. The first-order chi connectivity index (χ1) is 10.7. The van der Waals surface area contributed by atoms with E-state index in [0.717, 1.165) is 5.56 Å². The van der Waals surface area contributed by atoms with Gasteiger partial charge in [-0.15, -0.1) is 0 Å². The first-order valence-electron chi connectivity index (χ1n) is 6.84. The van der Waals surface area contributed by atoms with Crippen LogP contribution in [0.3, 0.4) is 0 Å². The molecule has 1 heterocycles. The largest absolute Gasteiger partial charge is 0.312 e. The van der Waals surface area contributed by atoms with Crippen LogP contribution in [0.15, 0.2) is 54.0 Å². The Bertz CT molecular complexity index is 669. The van der Waals surface area contributed by atoms with E-state index in [9.17, 15) is 9.59 Å². The number of carbonyl (C=O) groups is 2. The van der Waals surface area contributed by atoms with Crippen molar-refractivity contribution in [2.24, 2.45) is 5.10 Å². The van der Waals surface area contributed by atoms with Gasteiger partial charge in [-0.25, -0.2) is 9.97 Å². The lowest BCUT2D eigenvalue weighted by Crippen LogP contribution is -2.19. The van der Waals surface area contributed by atoms with Crippen LogP contribution in [0, 0.1) is 0 Å². The van der Waals surface area contributed by atoms with Crippen LogP contribution in [0.25, 0.3) is 0 Å². The third-order valence-corrected chi connectivity index (χ3v) is 2.98. The zero-order valence-electron chi connectivity index (χ0n) is 12.2. The Labute approximate surface area is 128 Å². The molecule has 1 N–H and O–H groups in total. The molecule has 0 amide bonds. The number of aromatic nitrogens is 2.